The Morgan fingerprint density at radius 1 is 1.19 bits per heavy atom. The maximum Gasteiger partial charge on any atom is 0.417 e. The number of anilines is 2. The van der Waals surface area contributed by atoms with Gasteiger partial charge in [0, 0.05) is 38.0 Å². The summed E-state index contributed by atoms with van der Waals surface area (Å²) in [5, 5.41) is 7.64. The number of carbonyl (C=O) groups is 2. The predicted octanol–water partition coefficient (Wildman–Crippen LogP) is 2.95. The molecule has 0 unspecified atom stereocenters. The number of aromatic nitrogens is 2. The number of rotatable bonds is 6. The standard InChI is InChI=1S/C16H15ClF3N5O2/c1-9(26)25-13-6-10(2-3-21-13)15(27)23-5-4-22-14-12(17)7-11(8-24-14)16(18,19)20/h2-3,6-8H,4-5H2,1H3,(H,22,24)(H,23,27)(H,21,25,26). The first-order chi connectivity index (χ1) is 12.7. The smallest absolute Gasteiger partial charge is 0.367 e. The van der Waals surface area contributed by atoms with E-state index in [0.717, 1.165) is 6.07 Å². The highest BCUT2D eigenvalue weighted by Crippen LogP contribution is 2.32. The SMILES string of the molecule is CC(=O)Nc1cc(C(=O)NCCNc2ncc(C(F)(F)F)cc2Cl)ccn1. The molecule has 0 atom stereocenters. The van der Waals surface area contributed by atoms with Gasteiger partial charge in [-0.25, -0.2) is 9.97 Å². The van der Waals surface area contributed by atoms with E-state index in [2.05, 4.69) is 25.9 Å². The Morgan fingerprint density at radius 2 is 1.93 bits per heavy atom. The third-order valence-corrected chi connectivity index (χ3v) is 3.49. The predicted molar refractivity (Wildman–Crippen MR) is 93.6 cm³/mol. The Kier molecular flexibility index (Phi) is 6.56. The highest BCUT2D eigenvalue weighted by molar-refractivity contribution is 6.32. The molecule has 11 heteroatoms. The molecular formula is C16H15ClF3N5O2. The molecule has 7 nitrogen and oxygen atoms in total. The fourth-order valence-corrected chi connectivity index (χ4v) is 2.24. The Balaban J connectivity index is 1.86. The molecule has 0 fully saturated rings. The Bertz CT molecular complexity index is 845. The summed E-state index contributed by atoms with van der Waals surface area (Å²) in [6, 6.07) is 3.66. The van der Waals surface area contributed by atoms with Crippen molar-refractivity contribution in [2.75, 3.05) is 23.7 Å². The third kappa shape index (κ3) is 6.10. The number of halogens is 4. The van der Waals surface area contributed by atoms with Crippen LogP contribution in [0.3, 0.4) is 0 Å². The summed E-state index contributed by atoms with van der Waals surface area (Å²) in [5.74, 6) is -0.396. The molecule has 0 saturated heterocycles. The zero-order valence-electron chi connectivity index (χ0n) is 14.0. The molecule has 2 rings (SSSR count). The number of hydrogen-bond acceptors (Lipinski definition) is 5. The molecule has 144 valence electrons. The molecule has 0 saturated carbocycles. The third-order valence-electron chi connectivity index (χ3n) is 3.20. The lowest BCUT2D eigenvalue weighted by atomic mass is 10.2. The van der Waals surface area contributed by atoms with Gasteiger partial charge in [-0.1, -0.05) is 11.6 Å². The second-order valence-electron chi connectivity index (χ2n) is 5.35. The summed E-state index contributed by atoms with van der Waals surface area (Å²) in [6.07, 6.45) is -2.47. The number of nitrogens with zero attached hydrogens (tertiary/aromatic N) is 2. The molecule has 0 spiro atoms. The molecule has 0 aliphatic rings. The van der Waals surface area contributed by atoms with Gasteiger partial charge in [-0.05, 0) is 18.2 Å². The van der Waals surface area contributed by atoms with Crippen LogP contribution < -0.4 is 16.0 Å². The van der Waals surface area contributed by atoms with Crippen LogP contribution in [-0.2, 0) is 11.0 Å². The maximum atomic E-state index is 12.6. The van der Waals surface area contributed by atoms with Gasteiger partial charge in [-0.3, -0.25) is 9.59 Å². The normalized spacial score (nSPS) is 11.0. The fraction of sp³-hybridized carbons (Fsp3) is 0.250. The van der Waals surface area contributed by atoms with Gasteiger partial charge < -0.3 is 16.0 Å². The number of pyridine rings is 2. The number of carbonyl (C=O) groups excluding carboxylic acids is 2. The first kappa shape index (κ1) is 20.4. The van der Waals surface area contributed by atoms with Crippen molar-refractivity contribution in [3.63, 3.8) is 0 Å². The largest absolute Gasteiger partial charge is 0.417 e. The van der Waals surface area contributed by atoms with Crippen molar-refractivity contribution in [3.8, 4) is 0 Å². The number of amides is 2. The quantitative estimate of drug-likeness (QED) is 0.647. The van der Waals surface area contributed by atoms with Crippen LogP contribution in [0.25, 0.3) is 0 Å². The highest BCUT2D eigenvalue weighted by Gasteiger charge is 2.31. The maximum absolute atomic E-state index is 12.6. The average molecular weight is 402 g/mol. The van der Waals surface area contributed by atoms with E-state index in [1.54, 1.807) is 0 Å². The number of alkyl halides is 3. The van der Waals surface area contributed by atoms with Crippen molar-refractivity contribution >= 4 is 35.1 Å². The van der Waals surface area contributed by atoms with Crippen LogP contribution in [0.15, 0.2) is 30.6 Å². The van der Waals surface area contributed by atoms with E-state index in [1.807, 2.05) is 0 Å². The van der Waals surface area contributed by atoms with Crippen LogP contribution in [-0.4, -0.2) is 34.9 Å². The van der Waals surface area contributed by atoms with Gasteiger partial charge in [0.2, 0.25) is 5.91 Å². The van der Waals surface area contributed by atoms with E-state index >= 15 is 0 Å². The summed E-state index contributed by atoms with van der Waals surface area (Å²) in [5.41, 5.74) is -0.654. The molecule has 2 amide bonds. The molecule has 0 aliphatic heterocycles. The highest BCUT2D eigenvalue weighted by atomic mass is 35.5. The van der Waals surface area contributed by atoms with Crippen molar-refractivity contribution in [2.24, 2.45) is 0 Å². The lowest BCUT2D eigenvalue weighted by Crippen LogP contribution is -2.29. The Morgan fingerprint density at radius 3 is 2.56 bits per heavy atom. The van der Waals surface area contributed by atoms with Crippen molar-refractivity contribution in [1.82, 2.24) is 15.3 Å². The fourth-order valence-electron chi connectivity index (χ4n) is 2.00. The second-order valence-corrected chi connectivity index (χ2v) is 5.75. The van der Waals surface area contributed by atoms with Crippen molar-refractivity contribution in [2.45, 2.75) is 13.1 Å². The summed E-state index contributed by atoms with van der Waals surface area (Å²) in [6.45, 7) is 1.67. The molecule has 3 N–H and O–H groups in total. The van der Waals surface area contributed by atoms with Gasteiger partial charge in [-0.15, -0.1) is 0 Å². The minimum Gasteiger partial charge on any atom is -0.367 e. The summed E-state index contributed by atoms with van der Waals surface area (Å²) in [7, 11) is 0. The first-order valence-electron chi connectivity index (χ1n) is 7.65. The molecule has 0 bridgehead atoms. The van der Waals surface area contributed by atoms with E-state index in [0.29, 0.717) is 11.8 Å². The summed E-state index contributed by atoms with van der Waals surface area (Å²) in [4.78, 5) is 30.6. The van der Waals surface area contributed by atoms with Crippen molar-refractivity contribution in [3.05, 3.63) is 46.7 Å². The zero-order chi connectivity index (χ0) is 20.0. The van der Waals surface area contributed by atoms with Crippen LogP contribution in [0, 0.1) is 0 Å². The van der Waals surface area contributed by atoms with Gasteiger partial charge in [-0.2, -0.15) is 13.2 Å². The van der Waals surface area contributed by atoms with Gasteiger partial charge in [0.05, 0.1) is 10.6 Å². The Labute approximate surface area is 157 Å². The topological polar surface area (TPSA) is 96.0 Å². The van der Waals surface area contributed by atoms with E-state index in [4.69, 9.17) is 11.6 Å². The molecule has 2 aromatic heterocycles. The van der Waals surface area contributed by atoms with Crippen LogP contribution in [0.4, 0.5) is 24.8 Å². The molecule has 2 aromatic rings. The zero-order valence-corrected chi connectivity index (χ0v) is 14.8. The monoisotopic (exact) mass is 401 g/mol. The first-order valence-corrected chi connectivity index (χ1v) is 8.03. The van der Waals surface area contributed by atoms with E-state index in [9.17, 15) is 22.8 Å². The van der Waals surface area contributed by atoms with Crippen LogP contribution >= 0.6 is 11.6 Å². The van der Waals surface area contributed by atoms with E-state index in [-0.39, 0.29) is 35.7 Å². The Hall–Kier alpha value is -2.88. The van der Waals surface area contributed by atoms with Gasteiger partial charge in [0.15, 0.2) is 0 Å². The van der Waals surface area contributed by atoms with Gasteiger partial charge >= 0.3 is 6.18 Å². The number of nitrogens with one attached hydrogen (secondary N) is 3. The molecule has 27 heavy (non-hydrogen) atoms. The average Bonchev–Trinajstić information content (AvgIpc) is 2.58. The lowest BCUT2D eigenvalue weighted by Gasteiger charge is -2.11. The molecule has 0 radical (unpaired) electrons. The second kappa shape index (κ2) is 8.67. The van der Waals surface area contributed by atoms with Crippen molar-refractivity contribution < 1.29 is 22.8 Å². The summed E-state index contributed by atoms with van der Waals surface area (Å²) >= 11 is 5.78. The number of hydrogen-bond donors (Lipinski definition) is 3. The molecule has 0 aromatic carbocycles. The minimum atomic E-state index is -4.52. The van der Waals surface area contributed by atoms with Crippen molar-refractivity contribution in [1.29, 1.82) is 0 Å². The van der Waals surface area contributed by atoms with Crippen LogP contribution in [0.2, 0.25) is 5.02 Å². The lowest BCUT2D eigenvalue weighted by molar-refractivity contribution is -0.137. The van der Waals surface area contributed by atoms with Gasteiger partial charge in [0.1, 0.15) is 11.6 Å². The molecular weight excluding hydrogens is 387 g/mol. The van der Waals surface area contributed by atoms with E-state index < -0.39 is 17.6 Å². The van der Waals surface area contributed by atoms with Crippen LogP contribution in [0.5, 0.6) is 0 Å². The van der Waals surface area contributed by atoms with Crippen LogP contribution in [0.1, 0.15) is 22.8 Å². The minimum absolute atomic E-state index is 0.0794. The summed E-state index contributed by atoms with van der Waals surface area (Å²) < 4.78 is 37.7. The molecule has 0 aliphatic carbocycles. The van der Waals surface area contributed by atoms with E-state index in [1.165, 1.54) is 25.3 Å². The van der Waals surface area contributed by atoms with Gasteiger partial charge in [0.25, 0.3) is 5.91 Å². The molecule has 2 heterocycles.